The summed E-state index contributed by atoms with van der Waals surface area (Å²) in [4.78, 5) is 12.5. The third kappa shape index (κ3) is 3.21. The number of nitrogens with zero attached hydrogens (tertiary/aromatic N) is 5. The van der Waals surface area contributed by atoms with Crippen LogP contribution in [0.25, 0.3) is 5.69 Å². The second-order valence-corrected chi connectivity index (χ2v) is 4.29. The van der Waals surface area contributed by atoms with Gasteiger partial charge in [-0.2, -0.15) is 4.98 Å². The number of rotatable bonds is 5. The summed E-state index contributed by atoms with van der Waals surface area (Å²) in [6.45, 7) is 0.661. The molecule has 0 fully saturated rings. The SMILES string of the molecule is CNCc1cnc(Oc2ncn(-c3ccccc3)n2)cn1. The van der Waals surface area contributed by atoms with E-state index in [0.717, 1.165) is 11.4 Å². The maximum Gasteiger partial charge on any atom is 0.342 e. The topological polar surface area (TPSA) is 77.8 Å². The molecule has 7 heteroatoms. The number of ether oxygens (including phenoxy) is 1. The van der Waals surface area contributed by atoms with Gasteiger partial charge in [0.1, 0.15) is 6.33 Å². The number of aromatic nitrogens is 5. The Morgan fingerprint density at radius 2 is 1.95 bits per heavy atom. The molecule has 0 unspecified atom stereocenters. The van der Waals surface area contributed by atoms with Crippen LogP contribution in [-0.2, 0) is 6.54 Å². The third-order valence-electron chi connectivity index (χ3n) is 2.73. The Bertz CT molecular complexity index is 695. The summed E-state index contributed by atoms with van der Waals surface area (Å²) in [6.07, 6.45) is 4.80. The van der Waals surface area contributed by atoms with Crippen molar-refractivity contribution in [2.75, 3.05) is 7.05 Å². The van der Waals surface area contributed by atoms with Crippen molar-refractivity contribution in [1.82, 2.24) is 30.0 Å². The minimum absolute atomic E-state index is 0.231. The van der Waals surface area contributed by atoms with E-state index in [4.69, 9.17) is 4.74 Å². The largest absolute Gasteiger partial charge is 0.402 e. The zero-order chi connectivity index (χ0) is 14.5. The molecule has 7 nitrogen and oxygen atoms in total. The second kappa shape index (κ2) is 6.10. The lowest BCUT2D eigenvalue weighted by Crippen LogP contribution is -2.07. The predicted molar refractivity (Wildman–Crippen MR) is 76.2 cm³/mol. The van der Waals surface area contributed by atoms with Gasteiger partial charge in [-0.15, -0.1) is 5.10 Å². The Morgan fingerprint density at radius 3 is 2.67 bits per heavy atom. The molecular weight excluding hydrogens is 268 g/mol. The first kappa shape index (κ1) is 13.2. The molecule has 0 saturated carbocycles. The Morgan fingerprint density at radius 1 is 1.10 bits per heavy atom. The molecule has 1 N–H and O–H groups in total. The molecule has 3 rings (SSSR count). The van der Waals surface area contributed by atoms with Crippen molar-refractivity contribution in [2.45, 2.75) is 6.54 Å². The molecule has 0 aliphatic heterocycles. The molecule has 0 saturated heterocycles. The van der Waals surface area contributed by atoms with Crippen molar-refractivity contribution in [3.8, 4) is 17.6 Å². The molecule has 2 aromatic heterocycles. The van der Waals surface area contributed by atoms with Gasteiger partial charge in [-0.3, -0.25) is 4.98 Å². The van der Waals surface area contributed by atoms with Gasteiger partial charge in [-0.1, -0.05) is 18.2 Å². The van der Waals surface area contributed by atoms with E-state index >= 15 is 0 Å². The van der Waals surface area contributed by atoms with Gasteiger partial charge in [0.2, 0.25) is 5.88 Å². The highest BCUT2D eigenvalue weighted by Crippen LogP contribution is 2.14. The Kier molecular flexibility index (Phi) is 3.83. The van der Waals surface area contributed by atoms with Gasteiger partial charge < -0.3 is 10.1 Å². The normalized spacial score (nSPS) is 10.5. The molecule has 0 atom stereocenters. The van der Waals surface area contributed by atoms with Gasteiger partial charge in [0.25, 0.3) is 0 Å². The summed E-state index contributed by atoms with van der Waals surface area (Å²) in [5.74, 6) is 0.362. The van der Waals surface area contributed by atoms with Crippen molar-refractivity contribution >= 4 is 0 Å². The van der Waals surface area contributed by atoms with Crippen LogP contribution in [0.15, 0.2) is 49.1 Å². The lowest BCUT2D eigenvalue weighted by Gasteiger charge is -2.01. The molecule has 0 spiro atoms. The fraction of sp³-hybridized carbons (Fsp3) is 0.143. The van der Waals surface area contributed by atoms with Gasteiger partial charge in [-0.25, -0.2) is 9.67 Å². The Hall–Kier alpha value is -2.80. The summed E-state index contributed by atoms with van der Waals surface area (Å²) < 4.78 is 7.11. The average Bonchev–Trinajstić information content (AvgIpc) is 2.99. The van der Waals surface area contributed by atoms with Crippen molar-refractivity contribution in [3.63, 3.8) is 0 Å². The third-order valence-corrected chi connectivity index (χ3v) is 2.73. The van der Waals surface area contributed by atoms with Crippen LogP contribution in [-0.4, -0.2) is 31.8 Å². The van der Waals surface area contributed by atoms with Gasteiger partial charge in [0.05, 0.1) is 23.8 Å². The van der Waals surface area contributed by atoms with E-state index in [1.54, 1.807) is 23.4 Å². The highest BCUT2D eigenvalue weighted by atomic mass is 16.5. The van der Waals surface area contributed by atoms with Gasteiger partial charge in [-0.05, 0) is 19.2 Å². The lowest BCUT2D eigenvalue weighted by atomic mass is 10.3. The average molecular weight is 282 g/mol. The minimum atomic E-state index is 0.231. The number of nitrogens with one attached hydrogen (secondary N) is 1. The van der Waals surface area contributed by atoms with Crippen LogP contribution in [0.5, 0.6) is 11.9 Å². The van der Waals surface area contributed by atoms with E-state index in [0.29, 0.717) is 12.4 Å². The van der Waals surface area contributed by atoms with E-state index in [-0.39, 0.29) is 6.01 Å². The first-order valence-corrected chi connectivity index (χ1v) is 6.45. The summed E-state index contributed by atoms with van der Waals surface area (Å²) in [5, 5.41) is 7.24. The summed E-state index contributed by atoms with van der Waals surface area (Å²) in [5.41, 5.74) is 1.75. The molecule has 0 radical (unpaired) electrons. The summed E-state index contributed by atoms with van der Waals surface area (Å²) in [6, 6.07) is 9.91. The molecule has 106 valence electrons. The maximum absolute atomic E-state index is 5.48. The zero-order valence-electron chi connectivity index (χ0n) is 11.5. The van der Waals surface area contributed by atoms with Crippen LogP contribution in [0.4, 0.5) is 0 Å². The molecule has 2 heterocycles. The van der Waals surface area contributed by atoms with E-state index in [9.17, 15) is 0 Å². The lowest BCUT2D eigenvalue weighted by molar-refractivity contribution is 0.421. The van der Waals surface area contributed by atoms with E-state index in [2.05, 4.69) is 25.4 Å². The smallest absolute Gasteiger partial charge is 0.342 e. The fourth-order valence-corrected chi connectivity index (χ4v) is 1.76. The summed E-state index contributed by atoms with van der Waals surface area (Å²) >= 11 is 0. The molecule has 3 aromatic rings. The Balaban J connectivity index is 1.72. The highest BCUT2D eigenvalue weighted by molar-refractivity contribution is 5.29. The zero-order valence-corrected chi connectivity index (χ0v) is 11.5. The van der Waals surface area contributed by atoms with Crippen LogP contribution in [0.1, 0.15) is 5.69 Å². The number of para-hydroxylation sites is 1. The van der Waals surface area contributed by atoms with Crippen LogP contribution in [0, 0.1) is 0 Å². The predicted octanol–water partition coefficient (Wildman–Crippen LogP) is 1.57. The van der Waals surface area contributed by atoms with Gasteiger partial charge in [0.15, 0.2) is 0 Å². The molecule has 21 heavy (non-hydrogen) atoms. The van der Waals surface area contributed by atoms with Gasteiger partial charge in [0, 0.05) is 6.54 Å². The molecular formula is C14H14N6O. The van der Waals surface area contributed by atoms with Crippen LogP contribution in [0.3, 0.4) is 0 Å². The number of benzene rings is 1. The Labute approximate surface area is 121 Å². The van der Waals surface area contributed by atoms with Crippen molar-refractivity contribution < 1.29 is 4.74 Å². The second-order valence-electron chi connectivity index (χ2n) is 4.29. The van der Waals surface area contributed by atoms with Crippen LogP contribution >= 0.6 is 0 Å². The van der Waals surface area contributed by atoms with E-state index in [1.165, 1.54) is 0 Å². The molecule has 0 aliphatic carbocycles. The monoisotopic (exact) mass is 282 g/mol. The fourth-order valence-electron chi connectivity index (χ4n) is 1.76. The van der Waals surface area contributed by atoms with Crippen LogP contribution < -0.4 is 10.1 Å². The molecule has 0 bridgehead atoms. The van der Waals surface area contributed by atoms with Crippen molar-refractivity contribution in [3.05, 3.63) is 54.7 Å². The van der Waals surface area contributed by atoms with Crippen LogP contribution in [0.2, 0.25) is 0 Å². The molecule has 0 amide bonds. The summed E-state index contributed by atoms with van der Waals surface area (Å²) in [7, 11) is 1.85. The first-order valence-electron chi connectivity index (χ1n) is 6.45. The van der Waals surface area contributed by atoms with Crippen molar-refractivity contribution in [2.24, 2.45) is 0 Å². The quantitative estimate of drug-likeness (QED) is 0.765. The van der Waals surface area contributed by atoms with E-state index < -0.39 is 0 Å². The number of hydrogen-bond donors (Lipinski definition) is 1. The maximum atomic E-state index is 5.48. The van der Waals surface area contributed by atoms with Gasteiger partial charge >= 0.3 is 6.01 Å². The van der Waals surface area contributed by atoms with E-state index in [1.807, 2.05) is 37.4 Å². The van der Waals surface area contributed by atoms with Crippen molar-refractivity contribution in [1.29, 1.82) is 0 Å². The molecule has 1 aromatic carbocycles. The highest BCUT2D eigenvalue weighted by Gasteiger charge is 2.06. The standard InChI is InChI=1S/C14H14N6O/c1-15-7-11-8-17-13(9-16-11)21-14-18-10-20(19-14)12-5-3-2-4-6-12/h2-6,8-10,15H,7H2,1H3. The number of hydrogen-bond acceptors (Lipinski definition) is 6. The minimum Gasteiger partial charge on any atom is -0.402 e. The first-order chi connectivity index (χ1) is 10.3. The molecule has 0 aliphatic rings.